The van der Waals surface area contributed by atoms with Gasteiger partial charge in [0.1, 0.15) is 0 Å². The monoisotopic (exact) mass is 372 g/mol. The van der Waals surface area contributed by atoms with Gasteiger partial charge in [0.2, 0.25) is 0 Å². The van der Waals surface area contributed by atoms with Crippen molar-refractivity contribution in [2.75, 3.05) is 0 Å². The van der Waals surface area contributed by atoms with E-state index in [4.69, 9.17) is 0 Å². The van der Waals surface area contributed by atoms with Crippen LogP contribution in [0.4, 0.5) is 0 Å². The first-order valence-electron chi connectivity index (χ1n) is 4.68. The van der Waals surface area contributed by atoms with E-state index in [2.05, 4.69) is 68.3 Å². The Morgan fingerprint density at radius 3 is 2.19 bits per heavy atom. The van der Waals surface area contributed by atoms with Crippen molar-refractivity contribution in [1.82, 2.24) is 0 Å². The first-order chi connectivity index (χ1) is 7.75. The Morgan fingerprint density at radius 2 is 1.44 bits per heavy atom. The molecule has 16 heavy (non-hydrogen) atoms. The summed E-state index contributed by atoms with van der Waals surface area (Å²) in [5, 5.41) is 0. The first-order valence-corrected chi connectivity index (χ1v) is 7.90. The molecule has 0 nitrogen and oxygen atoms in total. The van der Waals surface area contributed by atoms with Crippen molar-refractivity contribution in [1.29, 1.82) is 0 Å². The second-order valence-corrected chi connectivity index (χ2v) is 7.12. The Hall–Kier alpha value is 0.1000. The summed E-state index contributed by atoms with van der Waals surface area (Å²) in [4.78, 5) is 5.30. The minimum Gasteiger partial charge on any atom is -0.0877 e. The lowest BCUT2D eigenvalue weighted by Gasteiger charge is -2.19. The summed E-state index contributed by atoms with van der Waals surface area (Å²) in [6.45, 7) is 0. The van der Waals surface area contributed by atoms with Gasteiger partial charge >= 0.3 is 0 Å². The number of halogens is 2. The van der Waals surface area contributed by atoms with Gasteiger partial charge in [-0.25, -0.2) is 0 Å². The zero-order chi connectivity index (χ0) is 11.1. The van der Waals surface area contributed by atoms with E-state index in [0.717, 1.165) is 8.95 Å². The van der Waals surface area contributed by atoms with Gasteiger partial charge in [0, 0.05) is 28.5 Å². The van der Waals surface area contributed by atoms with Crippen LogP contribution < -0.4 is 0 Å². The molecule has 0 unspecified atom stereocenters. The Bertz CT molecular complexity index is 567. The fourth-order valence-corrected chi connectivity index (χ4v) is 5.00. The van der Waals surface area contributed by atoms with Crippen LogP contribution in [-0.2, 0) is 0 Å². The normalized spacial score (nSPS) is 13.1. The molecule has 0 N–H and O–H groups in total. The lowest BCUT2D eigenvalue weighted by atomic mass is 10.3. The van der Waals surface area contributed by atoms with Gasteiger partial charge in [0.25, 0.3) is 0 Å². The molecule has 4 heteroatoms. The van der Waals surface area contributed by atoms with Crippen LogP contribution in [0.15, 0.2) is 64.9 Å². The molecule has 2 aromatic carbocycles. The standard InChI is InChI=1S/C12H6Br2S2/c13-7-5-6-10-12(11(7)14)16-9-4-2-1-3-8(9)15-10/h1-6H. The van der Waals surface area contributed by atoms with Crippen molar-refractivity contribution in [2.45, 2.75) is 19.6 Å². The maximum Gasteiger partial charge on any atom is 0.0468 e. The van der Waals surface area contributed by atoms with Gasteiger partial charge in [-0.3, -0.25) is 0 Å². The molecule has 0 fully saturated rings. The van der Waals surface area contributed by atoms with Gasteiger partial charge < -0.3 is 0 Å². The molecule has 0 saturated heterocycles. The van der Waals surface area contributed by atoms with Gasteiger partial charge in [-0.2, -0.15) is 0 Å². The quantitative estimate of drug-likeness (QED) is 0.486. The molecule has 0 atom stereocenters. The highest BCUT2D eigenvalue weighted by Gasteiger charge is 2.19. The molecule has 0 saturated carbocycles. The van der Waals surface area contributed by atoms with Crippen molar-refractivity contribution >= 4 is 55.4 Å². The van der Waals surface area contributed by atoms with E-state index in [-0.39, 0.29) is 0 Å². The Kier molecular flexibility index (Phi) is 3.09. The van der Waals surface area contributed by atoms with Crippen LogP contribution in [0, 0.1) is 0 Å². The van der Waals surface area contributed by atoms with Crippen LogP contribution in [0.5, 0.6) is 0 Å². The summed E-state index contributed by atoms with van der Waals surface area (Å²) < 4.78 is 2.26. The maximum absolute atomic E-state index is 3.64. The predicted molar refractivity (Wildman–Crippen MR) is 76.5 cm³/mol. The summed E-state index contributed by atoms with van der Waals surface area (Å²) >= 11 is 10.8. The van der Waals surface area contributed by atoms with Crippen molar-refractivity contribution in [2.24, 2.45) is 0 Å². The van der Waals surface area contributed by atoms with E-state index < -0.39 is 0 Å². The Labute approximate surface area is 119 Å². The largest absolute Gasteiger partial charge is 0.0877 e. The topological polar surface area (TPSA) is 0 Å². The van der Waals surface area contributed by atoms with Crippen molar-refractivity contribution in [3.05, 3.63) is 45.3 Å². The van der Waals surface area contributed by atoms with Crippen LogP contribution in [0.1, 0.15) is 0 Å². The van der Waals surface area contributed by atoms with E-state index in [1.807, 2.05) is 23.5 Å². The van der Waals surface area contributed by atoms with E-state index in [0.29, 0.717) is 0 Å². The van der Waals surface area contributed by atoms with E-state index in [9.17, 15) is 0 Å². The molecule has 0 amide bonds. The fraction of sp³-hybridized carbons (Fsp3) is 0. The van der Waals surface area contributed by atoms with Gasteiger partial charge in [0.15, 0.2) is 0 Å². The van der Waals surface area contributed by atoms with Gasteiger partial charge in [-0.15, -0.1) is 0 Å². The van der Waals surface area contributed by atoms with Crippen LogP contribution in [-0.4, -0.2) is 0 Å². The summed E-state index contributed by atoms with van der Waals surface area (Å²) in [5.74, 6) is 0. The average molecular weight is 374 g/mol. The van der Waals surface area contributed by atoms with Crippen molar-refractivity contribution < 1.29 is 0 Å². The van der Waals surface area contributed by atoms with Crippen LogP contribution in [0.2, 0.25) is 0 Å². The highest BCUT2D eigenvalue weighted by atomic mass is 79.9. The summed E-state index contributed by atoms with van der Waals surface area (Å²) in [6, 6.07) is 12.8. The number of fused-ring (bicyclic) bond motifs is 2. The zero-order valence-electron chi connectivity index (χ0n) is 8.04. The van der Waals surface area contributed by atoms with Crippen LogP contribution >= 0.6 is 55.4 Å². The Morgan fingerprint density at radius 1 is 0.750 bits per heavy atom. The smallest absolute Gasteiger partial charge is 0.0468 e. The molecule has 0 aromatic heterocycles. The molecule has 3 rings (SSSR count). The fourth-order valence-electron chi connectivity index (χ4n) is 1.54. The van der Waals surface area contributed by atoms with E-state index >= 15 is 0 Å². The van der Waals surface area contributed by atoms with Gasteiger partial charge in [-0.05, 0) is 56.1 Å². The SMILES string of the molecule is Brc1ccc2c(c1Br)Sc1ccccc1S2. The zero-order valence-corrected chi connectivity index (χ0v) is 12.8. The third-order valence-corrected chi connectivity index (χ3v) is 7.17. The Balaban J connectivity index is 2.16. The van der Waals surface area contributed by atoms with Crippen LogP contribution in [0.25, 0.3) is 0 Å². The van der Waals surface area contributed by atoms with Gasteiger partial charge in [-0.1, -0.05) is 35.7 Å². The number of rotatable bonds is 0. The molecule has 0 radical (unpaired) electrons. The first kappa shape index (κ1) is 11.2. The maximum atomic E-state index is 3.64. The average Bonchev–Trinajstić information content (AvgIpc) is 2.32. The third-order valence-electron chi connectivity index (χ3n) is 2.29. The number of hydrogen-bond acceptors (Lipinski definition) is 2. The van der Waals surface area contributed by atoms with Crippen molar-refractivity contribution in [3.8, 4) is 0 Å². The predicted octanol–water partition coefficient (Wildman–Crippen LogP) is 5.83. The van der Waals surface area contributed by atoms with E-state index in [1.165, 1.54) is 19.6 Å². The second kappa shape index (κ2) is 4.41. The summed E-state index contributed by atoms with van der Waals surface area (Å²) in [7, 11) is 0. The second-order valence-electron chi connectivity index (χ2n) is 3.34. The molecule has 0 bridgehead atoms. The van der Waals surface area contributed by atoms with Crippen molar-refractivity contribution in [3.63, 3.8) is 0 Å². The third kappa shape index (κ3) is 1.86. The molecular weight excluding hydrogens is 368 g/mol. The molecule has 1 aliphatic rings. The van der Waals surface area contributed by atoms with Gasteiger partial charge in [0.05, 0.1) is 0 Å². The lowest BCUT2D eigenvalue weighted by molar-refractivity contribution is 1.13. The minimum absolute atomic E-state index is 1.11. The molecule has 1 aliphatic heterocycles. The highest BCUT2D eigenvalue weighted by molar-refractivity contribution is 9.13. The highest BCUT2D eigenvalue weighted by Crippen LogP contribution is 2.52. The minimum atomic E-state index is 1.11. The summed E-state index contributed by atoms with van der Waals surface area (Å²) in [6.07, 6.45) is 0. The molecular formula is C12H6Br2S2. The molecule has 0 aliphatic carbocycles. The van der Waals surface area contributed by atoms with Crippen LogP contribution in [0.3, 0.4) is 0 Å². The molecule has 0 spiro atoms. The molecule has 2 aromatic rings. The van der Waals surface area contributed by atoms with E-state index in [1.54, 1.807) is 0 Å². The number of benzene rings is 2. The molecule has 80 valence electrons. The lowest BCUT2D eigenvalue weighted by Crippen LogP contribution is -1.90. The summed E-state index contributed by atoms with van der Waals surface area (Å²) in [5.41, 5.74) is 0. The number of hydrogen-bond donors (Lipinski definition) is 0. The molecule has 1 heterocycles.